The molecule has 1 aliphatic rings. The zero-order valence-electron chi connectivity index (χ0n) is 12.0. The lowest BCUT2D eigenvalue weighted by Crippen LogP contribution is -2.47. The molecule has 1 aromatic carbocycles. The molecule has 19 heavy (non-hydrogen) atoms. The van der Waals surface area contributed by atoms with Gasteiger partial charge in [-0.2, -0.15) is 0 Å². The molecule has 2 atom stereocenters. The van der Waals surface area contributed by atoms with E-state index in [0.29, 0.717) is 12.1 Å². The Morgan fingerprint density at radius 3 is 2.95 bits per heavy atom. The summed E-state index contributed by atoms with van der Waals surface area (Å²) >= 11 is 0. The predicted octanol–water partition coefficient (Wildman–Crippen LogP) is 2.83. The van der Waals surface area contributed by atoms with Crippen molar-refractivity contribution in [3.8, 4) is 0 Å². The van der Waals surface area contributed by atoms with E-state index in [2.05, 4.69) is 24.1 Å². The summed E-state index contributed by atoms with van der Waals surface area (Å²) in [7, 11) is 0. The van der Waals surface area contributed by atoms with Gasteiger partial charge in [0.1, 0.15) is 5.82 Å². The smallest absolute Gasteiger partial charge is 0.123 e. The third-order valence-electron chi connectivity index (χ3n) is 4.08. The molecule has 0 spiro atoms. The van der Waals surface area contributed by atoms with Crippen LogP contribution in [0.15, 0.2) is 24.3 Å². The molecule has 1 heterocycles. The van der Waals surface area contributed by atoms with Gasteiger partial charge in [0.25, 0.3) is 0 Å². The number of hydrogen-bond donors (Lipinski definition) is 1. The van der Waals surface area contributed by atoms with Crippen molar-refractivity contribution < 1.29 is 4.39 Å². The SMILES string of the molecule is CCNC1CCN(CCc2cccc(F)c2)C(C)C1. The second-order valence-corrected chi connectivity index (χ2v) is 5.54. The van der Waals surface area contributed by atoms with Gasteiger partial charge in [-0.1, -0.05) is 19.1 Å². The highest BCUT2D eigenvalue weighted by Crippen LogP contribution is 2.18. The van der Waals surface area contributed by atoms with E-state index in [1.165, 1.54) is 18.9 Å². The minimum absolute atomic E-state index is 0.128. The molecule has 0 amide bonds. The van der Waals surface area contributed by atoms with E-state index >= 15 is 0 Å². The first-order chi connectivity index (χ1) is 9.19. The maximum atomic E-state index is 13.1. The van der Waals surface area contributed by atoms with E-state index < -0.39 is 0 Å². The molecule has 1 aliphatic heterocycles. The average molecular weight is 264 g/mol. The lowest BCUT2D eigenvalue weighted by molar-refractivity contribution is 0.138. The molecule has 0 aromatic heterocycles. The molecule has 2 nitrogen and oxygen atoms in total. The van der Waals surface area contributed by atoms with Gasteiger partial charge >= 0.3 is 0 Å². The van der Waals surface area contributed by atoms with E-state index in [9.17, 15) is 4.39 Å². The average Bonchev–Trinajstić information content (AvgIpc) is 2.38. The number of nitrogens with one attached hydrogen (secondary N) is 1. The van der Waals surface area contributed by atoms with Crippen LogP contribution in [0, 0.1) is 5.82 Å². The van der Waals surface area contributed by atoms with Crippen molar-refractivity contribution in [2.45, 2.75) is 45.2 Å². The Hall–Kier alpha value is -0.930. The largest absolute Gasteiger partial charge is 0.314 e. The number of likely N-dealkylation sites (tertiary alicyclic amines) is 1. The molecule has 0 radical (unpaired) electrons. The summed E-state index contributed by atoms with van der Waals surface area (Å²) in [5, 5.41) is 3.54. The van der Waals surface area contributed by atoms with Crippen LogP contribution in [0.5, 0.6) is 0 Å². The van der Waals surface area contributed by atoms with Gasteiger partial charge in [-0.05, 0) is 57.0 Å². The fraction of sp³-hybridized carbons (Fsp3) is 0.625. The number of benzene rings is 1. The van der Waals surface area contributed by atoms with Crippen LogP contribution < -0.4 is 5.32 Å². The molecule has 2 unspecified atom stereocenters. The lowest BCUT2D eigenvalue weighted by atomic mass is 9.97. The maximum absolute atomic E-state index is 13.1. The lowest BCUT2D eigenvalue weighted by Gasteiger charge is -2.38. The summed E-state index contributed by atoms with van der Waals surface area (Å²) in [6.07, 6.45) is 3.38. The highest BCUT2D eigenvalue weighted by molar-refractivity contribution is 5.16. The van der Waals surface area contributed by atoms with Crippen molar-refractivity contribution in [3.05, 3.63) is 35.6 Å². The molecule has 1 aromatic rings. The molecule has 106 valence electrons. The normalized spacial score (nSPS) is 24.6. The van der Waals surface area contributed by atoms with Crippen molar-refractivity contribution in [3.63, 3.8) is 0 Å². The summed E-state index contributed by atoms with van der Waals surface area (Å²) in [6.45, 7) is 7.70. The third kappa shape index (κ3) is 4.29. The molecule has 0 saturated carbocycles. The molecule has 2 rings (SSSR count). The zero-order valence-corrected chi connectivity index (χ0v) is 12.0. The Labute approximate surface area is 116 Å². The molecular formula is C16H25FN2. The summed E-state index contributed by atoms with van der Waals surface area (Å²) in [6, 6.07) is 8.26. The first-order valence-corrected chi connectivity index (χ1v) is 7.41. The van der Waals surface area contributed by atoms with Crippen LogP contribution in [-0.4, -0.2) is 36.6 Å². The van der Waals surface area contributed by atoms with E-state index in [-0.39, 0.29) is 5.82 Å². The molecule has 1 saturated heterocycles. The minimum Gasteiger partial charge on any atom is -0.314 e. The Balaban J connectivity index is 1.80. The summed E-state index contributed by atoms with van der Waals surface area (Å²) < 4.78 is 13.1. The van der Waals surface area contributed by atoms with Crippen LogP contribution in [0.4, 0.5) is 4.39 Å². The van der Waals surface area contributed by atoms with Gasteiger partial charge in [-0.25, -0.2) is 4.39 Å². The van der Waals surface area contributed by atoms with Gasteiger partial charge in [0.05, 0.1) is 0 Å². The zero-order chi connectivity index (χ0) is 13.7. The van der Waals surface area contributed by atoms with Crippen molar-refractivity contribution in [2.75, 3.05) is 19.6 Å². The van der Waals surface area contributed by atoms with Crippen LogP contribution in [-0.2, 0) is 6.42 Å². The molecule has 3 heteroatoms. The van der Waals surface area contributed by atoms with E-state index in [1.54, 1.807) is 12.1 Å². The highest BCUT2D eigenvalue weighted by Gasteiger charge is 2.24. The van der Waals surface area contributed by atoms with Gasteiger partial charge in [-0.3, -0.25) is 0 Å². The van der Waals surface area contributed by atoms with Crippen LogP contribution >= 0.6 is 0 Å². The fourth-order valence-corrected chi connectivity index (χ4v) is 2.99. The summed E-state index contributed by atoms with van der Waals surface area (Å²) in [5.41, 5.74) is 1.10. The number of hydrogen-bond acceptors (Lipinski definition) is 2. The van der Waals surface area contributed by atoms with Gasteiger partial charge in [0, 0.05) is 18.6 Å². The second kappa shape index (κ2) is 7.01. The van der Waals surface area contributed by atoms with Gasteiger partial charge in [0.2, 0.25) is 0 Å². The molecule has 1 N–H and O–H groups in total. The highest BCUT2D eigenvalue weighted by atomic mass is 19.1. The van der Waals surface area contributed by atoms with Crippen molar-refractivity contribution >= 4 is 0 Å². The quantitative estimate of drug-likeness (QED) is 0.880. The van der Waals surface area contributed by atoms with E-state index in [4.69, 9.17) is 0 Å². The Bertz CT molecular complexity index is 394. The monoisotopic (exact) mass is 264 g/mol. The maximum Gasteiger partial charge on any atom is 0.123 e. The molecule has 0 aliphatic carbocycles. The topological polar surface area (TPSA) is 15.3 Å². The summed E-state index contributed by atoms with van der Waals surface area (Å²) in [5.74, 6) is -0.128. The second-order valence-electron chi connectivity index (χ2n) is 5.54. The van der Waals surface area contributed by atoms with Crippen LogP contribution in [0.1, 0.15) is 32.3 Å². The predicted molar refractivity (Wildman–Crippen MR) is 77.8 cm³/mol. The molecular weight excluding hydrogens is 239 g/mol. The van der Waals surface area contributed by atoms with Crippen LogP contribution in [0.3, 0.4) is 0 Å². The first kappa shape index (κ1) is 14.5. The Morgan fingerprint density at radius 1 is 1.42 bits per heavy atom. The van der Waals surface area contributed by atoms with E-state index in [1.807, 2.05) is 6.07 Å². The van der Waals surface area contributed by atoms with Crippen LogP contribution in [0.2, 0.25) is 0 Å². The van der Waals surface area contributed by atoms with Crippen molar-refractivity contribution in [1.29, 1.82) is 0 Å². The Morgan fingerprint density at radius 2 is 2.26 bits per heavy atom. The minimum atomic E-state index is -0.128. The number of rotatable bonds is 5. The fourth-order valence-electron chi connectivity index (χ4n) is 2.99. The summed E-state index contributed by atoms with van der Waals surface area (Å²) in [4.78, 5) is 2.53. The standard InChI is InChI=1S/C16H25FN2/c1-3-18-16-8-10-19(13(2)11-16)9-7-14-5-4-6-15(17)12-14/h4-6,12-13,16,18H,3,7-11H2,1-2H3. The Kier molecular flexibility index (Phi) is 5.34. The van der Waals surface area contributed by atoms with Gasteiger partial charge in [-0.15, -0.1) is 0 Å². The number of halogens is 1. The first-order valence-electron chi connectivity index (χ1n) is 7.41. The van der Waals surface area contributed by atoms with Gasteiger partial charge in [0.15, 0.2) is 0 Å². The van der Waals surface area contributed by atoms with Gasteiger partial charge < -0.3 is 10.2 Å². The van der Waals surface area contributed by atoms with Crippen LogP contribution in [0.25, 0.3) is 0 Å². The number of nitrogens with zero attached hydrogens (tertiary/aromatic N) is 1. The molecule has 1 fully saturated rings. The number of piperidine rings is 1. The third-order valence-corrected chi connectivity index (χ3v) is 4.08. The molecule has 0 bridgehead atoms. The van der Waals surface area contributed by atoms with Crippen molar-refractivity contribution in [1.82, 2.24) is 10.2 Å². The van der Waals surface area contributed by atoms with Crippen molar-refractivity contribution in [2.24, 2.45) is 0 Å². The van der Waals surface area contributed by atoms with E-state index in [0.717, 1.165) is 31.6 Å².